The van der Waals surface area contributed by atoms with Crippen LogP contribution in [0.2, 0.25) is 0 Å². The summed E-state index contributed by atoms with van der Waals surface area (Å²) in [6, 6.07) is 17.1. The topological polar surface area (TPSA) is 62.2 Å². The van der Waals surface area contributed by atoms with Crippen LogP contribution in [0.25, 0.3) is 0 Å². The van der Waals surface area contributed by atoms with Crippen LogP contribution < -0.4 is 9.64 Å². The average Bonchev–Trinajstić information content (AvgIpc) is 2.74. The smallest absolute Gasteiger partial charge is 0.340 e. The second-order valence-electron chi connectivity index (χ2n) is 6.80. The minimum absolute atomic E-state index is 0.274. The highest BCUT2D eigenvalue weighted by atomic mass is 16.5. The first-order chi connectivity index (χ1) is 13.7. The van der Waals surface area contributed by atoms with E-state index >= 15 is 0 Å². The summed E-state index contributed by atoms with van der Waals surface area (Å²) in [6.07, 6.45) is -0.543. The number of aliphatic hydroxyl groups is 1. The lowest BCUT2D eigenvalue weighted by Gasteiger charge is -2.37. The summed E-state index contributed by atoms with van der Waals surface area (Å²) in [6.45, 7) is 6.25. The Balaban J connectivity index is 1.49. The molecule has 1 fully saturated rings. The molecule has 6 nitrogen and oxygen atoms in total. The van der Waals surface area contributed by atoms with Gasteiger partial charge in [0.2, 0.25) is 0 Å². The van der Waals surface area contributed by atoms with Gasteiger partial charge in [0.15, 0.2) is 0 Å². The monoisotopic (exact) mass is 384 g/mol. The minimum Gasteiger partial charge on any atom is -0.491 e. The van der Waals surface area contributed by atoms with Crippen LogP contribution in [0.1, 0.15) is 17.3 Å². The maximum absolute atomic E-state index is 12.2. The number of esters is 1. The Hall–Kier alpha value is -2.57. The third-order valence-electron chi connectivity index (χ3n) is 4.77. The van der Waals surface area contributed by atoms with Crippen molar-refractivity contribution in [2.45, 2.75) is 13.0 Å². The van der Waals surface area contributed by atoms with E-state index in [1.165, 1.54) is 0 Å². The number of rotatable bonds is 8. The summed E-state index contributed by atoms with van der Waals surface area (Å²) in [5.74, 6) is 0.482. The number of para-hydroxylation sites is 2. The van der Waals surface area contributed by atoms with Gasteiger partial charge >= 0.3 is 5.97 Å². The summed E-state index contributed by atoms with van der Waals surface area (Å²) >= 11 is 0. The normalized spacial score (nSPS) is 15.9. The van der Waals surface area contributed by atoms with E-state index in [2.05, 4.69) is 9.80 Å². The van der Waals surface area contributed by atoms with Crippen LogP contribution in [0.15, 0.2) is 54.6 Å². The zero-order chi connectivity index (χ0) is 19.8. The fourth-order valence-electron chi connectivity index (χ4n) is 3.36. The predicted molar refractivity (Wildman–Crippen MR) is 109 cm³/mol. The molecule has 1 atom stereocenters. The van der Waals surface area contributed by atoms with E-state index in [0.29, 0.717) is 18.7 Å². The molecule has 150 valence electrons. The van der Waals surface area contributed by atoms with Crippen molar-refractivity contribution in [2.75, 3.05) is 50.8 Å². The second-order valence-corrected chi connectivity index (χ2v) is 6.80. The Bertz CT molecular complexity index is 745. The highest BCUT2D eigenvalue weighted by Crippen LogP contribution is 2.23. The molecule has 0 aliphatic carbocycles. The van der Waals surface area contributed by atoms with Gasteiger partial charge in [-0.25, -0.2) is 4.79 Å². The SMILES string of the molecule is CCOC(=O)c1ccccc1N1CCN(CC(O)COc2ccccc2)CC1. The summed E-state index contributed by atoms with van der Waals surface area (Å²) in [4.78, 5) is 16.6. The maximum Gasteiger partial charge on any atom is 0.340 e. The number of anilines is 1. The van der Waals surface area contributed by atoms with Crippen LogP contribution in [0.5, 0.6) is 5.75 Å². The van der Waals surface area contributed by atoms with E-state index in [1.807, 2.05) is 61.5 Å². The van der Waals surface area contributed by atoms with Gasteiger partial charge in [-0.05, 0) is 31.2 Å². The molecular weight excluding hydrogens is 356 g/mol. The maximum atomic E-state index is 12.2. The average molecular weight is 384 g/mol. The molecule has 0 amide bonds. The number of nitrogens with zero attached hydrogens (tertiary/aromatic N) is 2. The first-order valence-electron chi connectivity index (χ1n) is 9.76. The Kier molecular flexibility index (Phi) is 7.28. The van der Waals surface area contributed by atoms with Crippen LogP contribution in [-0.2, 0) is 4.74 Å². The number of carbonyl (C=O) groups excluding carboxylic acids is 1. The van der Waals surface area contributed by atoms with Crippen LogP contribution in [-0.4, -0.2) is 68.0 Å². The van der Waals surface area contributed by atoms with Gasteiger partial charge in [0.25, 0.3) is 0 Å². The van der Waals surface area contributed by atoms with E-state index < -0.39 is 6.10 Å². The number of ether oxygens (including phenoxy) is 2. The van der Waals surface area contributed by atoms with Crippen molar-refractivity contribution in [3.05, 3.63) is 60.2 Å². The fourth-order valence-corrected chi connectivity index (χ4v) is 3.36. The molecule has 0 saturated carbocycles. The molecule has 1 unspecified atom stereocenters. The summed E-state index contributed by atoms with van der Waals surface area (Å²) in [7, 11) is 0. The minimum atomic E-state index is -0.543. The molecule has 0 radical (unpaired) electrons. The molecule has 28 heavy (non-hydrogen) atoms. The Morgan fingerprint density at radius 3 is 2.43 bits per heavy atom. The number of aliphatic hydroxyl groups excluding tert-OH is 1. The van der Waals surface area contributed by atoms with Gasteiger partial charge in [0.05, 0.1) is 17.9 Å². The van der Waals surface area contributed by atoms with Crippen molar-refractivity contribution in [2.24, 2.45) is 0 Å². The van der Waals surface area contributed by atoms with Gasteiger partial charge in [0.1, 0.15) is 18.5 Å². The predicted octanol–water partition coefficient (Wildman–Crippen LogP) is 2.43. The van der Waals surface area contributed by atoms with E-state index in [1.54, 1.807) is 0 Å². The second kappa shape index (κ2) is 10.1. The quantitative estimate of drug-likeness (QED) is 0.706. The molecule has 2 aromatic carbocycles. The van der Waals surface area contributed by atoms with Crippen molar-refractivity contribution in [3.63, 3.8) is 0 Å². The van der Waals surface area contributed by atoms with Gasteiger partial charge < -0.3 is 19.5 Å². The summed E-state index contributed by atoms with van der Waals surface area (Å²) in [5.41, 5.74) is 1.52. The van der Waals surface area contributed by atoms with Crippen molar-refractivity contribution in [1.82, 2.24) is 4.90 Å². The molecule has 1 N–H and O–H groups in total. The summed E-state index contributed by atoms with van der Waals surface area (Å²) < 4.78 is 10.8. The lowest BCUT2D eigenvalue weighted by atomic mass is 10.1. The molecule has 0 bridgehead atoms. The lowest BCUT2D eigenvalue weighted by molar-refractivity contribution is 0.0526. The van der Waals surface area contributed by atoms with Gasteiger partial charge in [-0.3, -0.25) is 4.90 Å². The van der Waals surface area contributed by atoms with Gasteiger partial charge in [0, 0.05) is 32.7 Å². The van der Waals surface area contributed by atoms with Crippen LogP contribution >= 0.6 is 0 Å². The third kappa shape index (κ3) is 5.47. The molecular formula is C22H28N2O4. The first-order valence-corrected chi connectivity index (χ1v) is 9.76. The van der Waals surface area contributed by atoms with Gasteiger partial charge in [-0.15, -0.1) is 0 Å². The Labute approximate surface area is 166 Å². The molecule has 0 aromatic heterocycles. The number of benzene rings is 2. The molecule has 2 aromatic rings. The van der Waals surface area contributed by atoms with E-state index in [-0.39, 0.29) is 12.6 Å². The standard InChI is InChI=1S/C22H28N2O4/c1-2-27-22(26)20-10-6-7-11-21(20)24-14-12-23(13-15-24)16-18(25)17-28-19-8-4-3-5-9-19/h3-11,18,25H,2,12-17H2,1H3. The number of carbonyl (C=O) groups is 1. The number of hydrogen-bond donors (Lipinski definition) is 1. The van der Waals surface area contributed by atoms with Crippen LogP contribution in [0.3, 0.4) is 0 Å². The van der Waals surface area contributed by atoms with Crippen LogP contribution in [0, 0.1) is 0 Å². The van der Waals surface area contributed by atoms with Gasteiger partial charge in [-0.1, -0.05) is 30.3 Å². The van der Waals surface area contributed by atoms with Crippen molar-refractivity contribution < 1.29 is 19.4 Å². The fraction of sp³-hybridized carbons (Fsp3) is 0.409. The first kappa shape index (κ1) is 20.2. The zero-order valence-electron chi connectivity index (χ0n) is 16.3. The van der Waals surface area contributed by atoms with E-state index in [9.17, 15) is 9.90 Å². The number of piperazine rings is 1. The largest absolute Gasteiger partial charge is 0.491 e. The molecule has 1 saturated heterocycles. The Morgan fingerprint density at radius 2 is 1.71 bits per heavy atom. The van der Waals surface area contributed by atoms with E-state index in [4.69, 9.17) is 9.47 Å². The number of β-amino-alcohol motifs (C(OH)–C–C–N with tert-alkyl or cyclic N) is 1. The number of hydrogen-bond acceptors (Lipinski definition) is 6. The highest BCUT2D eigenvalue weighted by molar-refractivity contribution is 5.95. The van der Waals surface area contributed by atoms with Crippen molar-refractivity contribution in [1.29, 1.82) is 0 Å². The molecule has 3 rings (SSSR count). The van der Waals surface area contributed by atoms with Crippen molar-refractivity contribution >= 4 is 11.7 Å². The molecule has 1 aliphatic heterocycles. The highest BCUT2D eigenvalue weighted by Gasteiger charge is 2.23. The Morgan fingerprint density at radius 1 is 1.04 bits per heavy atom. The molecule has 6 heteroatoms. The summed E-state index contributed by atoms with van der Waals surface area (Å²) in [5, 5.41) is 10.3. The lowest BCUT2D eigenvalue weighted by Crippen LogP contribution is -2.49. The molecule has 1 aliphatic rings. The van der Waals surface area contributed by atoms with Crippen LogP contribution in [0.4, 0.5) is 5.69 Å². The third-order valence-corrected chi connectivity index (χ3v) is 4.77. The van der Waals surface area contributed by atoms with Gasteiger partial charge in [-0.2, -0.15) is 0 Å². The molecule has 0 spiro atoms. The zero-order valence-corrected chi connectivity index (χ0v) is 16.3. The van der Waals surface area contributed by atoms with Crippen molar-refractivity contribution in [3.8, 4) is 5.75 Å². The molecule has 1 heterocycles. The van der Waals surface area contributed by atoms with E-state index in [0.717, 1.165) is 37.6 Å².